The summed E-state index contributed by atoms with van der Waals surface area (Å²) in [5.74, 6) is 1.10. The fourth-order valence-electron chi connectivity index (χ4n) is 5.48. The van der Waals surface area contributed by atoms with Crippen molar-refractivity contribution in [2.24, 2.45) is 5.73 Å². The molecular weight excluding hydrogens is 645 g/mol. The van der Waals surface area contributed by atoms with Crippen LogP contribution in [0.15, 0.2) is 170 Å². The van der Waals surface area contributed by atoms with Gasteiger partial charge in [0.15, 0.2) is 11.6 Å². The van der Waals surface area contributed by atoms with Gasteiger partial charge in [-0.15, -0.1) is 0 Å². The molecule has 260 valence electrons. The molecule has 7 rings (SSSR count). The maximum atomic E-state index is 11.8. The van der Waals surface area contributed by atoms with E-state index in [0.717, 1.165) is 11.4 Å². The summed E-state index contributed by atoms with van der Waals surface area (Å²) in [6.07, 6.45) is 0.523. The van der Waals surface area contributed by atoms with E-state index in [9.17, 15) is 9.59 Å². The standard InChI is InChI=1S/C22H19N3.C16H14O2.C6H9N3/c23-22-13-7-12-19(24-22)16-25-20(17-8-3-1-4-9-17)14-15-21(25)18-10-5-2-6-11-18;17-15(13-7-3-1-4-8-13)11-12-16(18)14-9-5-2-6-10-14;7-4-5-2-1-3-6(8)9-5/h1-15H,16H2,(H2,23,24);1-10H,11-12H2;1-3H,4,7H2,(H2,8,9). The van der Waals surface area contributed by atoms with E-state index in [1.54, 1.807) is 30.3 Å². The predicted octanol–water partition coefficient (Wildman–Crippen LogP) is 8.50. The minimum Gasteiger partial charge on any atom is -0.384 e. The number of ketones is 2. The van der Waals surface area contributed by atoms with E-state index in [1.165, 1.54) is 22.5 Å². The maximum Gasteiger partial charge on any atom is 0.163 e. The Balaban J connectivity index is 0.000000168. The smallest absolute Gasteiger partial charge is 0.163 e. The van der Waals surface area contributed by atoms with Crippen molar-refractivity contribution in [2.75, 3.05) is 11.5 Å². The highest BCUT2D eigenvalue weighted by molar-refractivity contribution is 6.02. The van der Waals surface area contributed by atoms with Crippen LogP contribution in [0.4, 0.5) is 11.6 Å². The Bertz CT molecular complexity index is 2040. The number of Topliss-reactive ketones (excluding diaryl/α,β-unsaturated/α-hetero) is 2. The number of hydrogen-bond donors (Lipinski definition) is 3. The molecular formula is C44H42N6O2. The summed E-state index contributed by atoms with van der Waals surface area (Å²) in [6.45, 7) is 1.12. The van der Waals surface area contributed by atoms with Crippen LogP contribution in [-0.4, -0.2) is 26.1 Å². The van der Waals surface area contributed by atoms with Gasteiger partial charge in [-0.25, -0.2) is 9.97 Å². The van der Waals surface area contributed by atoms with Crippen molar-refractivity contribution < 1.29 is 9.59 Å². The van der Waals surface area contributed by atoms with Gasteiger partial charge in [-0.05, 0) is 47.5 Å². The molecule has 0 radical (unpaired) electrons. The van der Waals surface area contributed by atoms with Crippen molar-refractivity contribution in [1.29, 1.82) is 0 Å². The zero-order chi connectivity index (χ0) is 36.5. The first-order valence-electron chi connectivity index (χ1n) is 17.0. The third kappa shape index (κ3) is 10.7. The second kappa shape index (κ2) is 18.9. The summed E-state index contributed by atoms with van der Waals surface area (Å²) in [6, 6.07) is 54.5. The SMILES string of the molecule is NCc1cccc(N)n1.Nc1cccc(Cn2c(-c3ccccc3)ccc2-c2ccccc2)n1.O=C(CCC(=O)c1ccccc1)c1ccccc1. The highest BCUT2D eigenvalue weighted by atomic mass is 16.1. The van der Waals surface area contributed by atoms with Crippen LogP contribution in [0.25, 0.3) is 22.5 Å². The average Bonchev–Trinajstić information content (AvgIpc) is 3.62. The largest absolute Gasteiger partial charge is 0.384 e. The highest BCUT2D eigenvalue weighted by Crippen LogP contribution is 2.29. The van der Waals surface area contributed by atoms with Crippen molar-refractivity contribution >= 4 is 23.2 Å². The maximum absolute atomic E-state index is 11.8. The third-order valence-corrected chi connectivity index (χ3v) is 8.08. The second-order valence-corrected chi connectivity index (χ2v) is 11.8. The predicted molar refractivity (Wildman–Crippen MR) is 210 cm³/mol. The molecule has 0 unspecified atom stereocenters. The normalized spacial score (nSPS) is 10.2. The summed E-state index contributed by atoms with van der Waals surface area (Å²) in [4.78, 5) is 32.1. The van der Waals surface area contributed by atoms with Gasteiger partial charge in [0.25, 0.3) is 0 Å². The van der Waals surface area contributed by atoms with E-state index in [-0.39, 0.29) is 24.4 Å². The highest BCUT2D eigenvalue weighted by Gasteiger charge is 2.13. The van der Waals surface area contributed by atoms with Gasteiger partial charge in [0, 0.05) is 41.9 Å². The molecule has 0 aliphatic heterocycles. The van der Waals surface area contributed by atoms with E-state index >= 15 is 0 Å². The number of rotatable bonds is 10. The van der Waals surface area contributed by atoms with Gasteiger partial charge in [-0.2, -0.15) is 0 Å². The molecule has 8 nitrogen and oxygen atoms in total. The molecule has 0 fully saturated rings. The first-order valence-corrected chi connectivity index (χ1v) is 17.0. The van der Waals surface area contributed by atoms with Gasteiger partial charge in [0.2, 0.25) is 0 Å². The van der Waals surface area contributed by atoms with Gasteiger partial charge in [-0.1, -0.05) is 133 Å². The Morgan fingerprint density at radius 3 is 1.23 bits per heavy atom. The molecule has 8 heteroatoms. The molecule has 3 aromatic heterocycles. The van der Waals surface area contributed by atoms with Crippen LogP contribution in [0.5, 0.6) is 0 Å². The number of pyridine rings is 2. The number of carbonyl (C=O) groups excluding carboxylic acids is 2. The Kier molecular flexibility index (Phi) is 13.3. The summed E-state index contributed by atoms with van der Waals surface area (Å²) < 4.78 is 2.30. The number of carbonyl (C=O) groups is 2. The number of anilines is 2. The number of nitrogens with zero attached hydrogens (tertiary/aromatic N) is 3. The summed E-state index contributed by atoms with van der Waals surface area (Å²) in [5.41, 5.74) is 24.4. The first-order chi connectivity index (χ1) is 25.4. The first kappa shape index (κ1) is 36.6. The fourth-order valence-corrected chi connectivity index (χ4v) is 5.48. The van der Waals surface area contributed by atoms with Gasteiger partial charge >= 0.3 is 0 Å². The van der Waals surface area contributed by atoms with Gasteiger partial charge in [-0.3, -0.25) is 9.59 Å². The molecule has 0 aliphatic rings. The van der Waals surface area contributed by atoms with Crippen LogP contribution in [0.3, 0.4) is 0 Å². The minimum absolute atomic E-state index is 0.0138. The molecule has 7 aromatic rings. The summed E-state index contributed by atoms with van der Waals surface area (Å²) in [7, 11) is 0. The quantitative estimate of drug-likeness (QED) is 0.122. The number of benzene rings is 4. The molecule has 0 amide bonds. The van der Waals surface area contributed by atoms with Crippen LogP contribution in [0.2, 0.25) is 0 Å². The zero-order valence-corrected chi connectivity index (χ0v) is 28.9. The number of nitrogens with two attached hydrogens (primary N) is 3. The molecule has 0 aliphatic carbocycles. The number of nitrogen functional groups attached to an aromatic ring is 2. The van der Waals surface area contributed by atoms with Crippen molar-refractivity contribution in [1.82, 2.24) is 14.5 Å². The van der Waals surface area contributed by atoms with Crippen molar-refractivity contribution in [3.8, 4) is 22.5 Å². The van der Waals surface area contributed by atoms with Gasteiger partial charge in [0.05, 0.1) is 17.9 Å². The van der Waals surface area contributed by atoms with Crippen LogP contribution < -0.4 is 17.2 Å². The van der Waals surface area contributed by atoms with Crippen molar-refractivity contribution in [3.05, 3.63) is 192 Å². The minimum atomic E-state index is 0.0138. The average molecular weight is 687 g/mol. The van der Waals surface area contributed by atoms with Crippen LogP contribution in [0, 0.1) is 0 Å². The monoisotopic (exact) mass is 686 g/mol. The molecule has 0 spiro atoms. The molecule has 0 atom stereocenters. The molecule has 0 saturated heterocycles. The molecule has 4 aromatic carbocycles. The van der Waals surface area contributed by atoms with Crippen LogP contribution >= 0.6 is 0 Å². The lowest BCUT2D eigenvalue weighted by molar-refractivity contribution is 0.0917. The Morgan fingerprint density at radius 1 is 0.462 bits per heavy atom. The Labute approximate surface area is 304 Å². The van der Waals surface area contributed by atoms with Gasteiger partial charge < -0.3 is 21.8 Å². The molecule has 3 heterocycles. The number of aromatic nitrogens is 3. The second-order valence-electron chi connectivity index (χ2n) is 11.8. The Morgan fingerprint density at radius 2 is 0.846 bits per heavy atom. The fraction of sp³-hybridized carbons (Fsp3) is 0.0909. The van der Waals surface area contributed by atoms with E-state index in [1.807, 2.05) is 78.9 Å². The Hall–Kier alpha value is -6.64. The van der Waals surface area contributed by atoms with E-state index in [2.05, 4.69) is 75.2 Å². The zero-order valence-electron chi connectivity index (χ0n) is 28.9. The lowest BCUT2D eigenvalue weighted by Crippen LogP contribution is -2.06. The van der Waals surface area contributed by atoms with Crippen molar-refractivity contribution in [2.45, 2.75) is 25.9 Å². The lowest BCUT2D eigenvalue weighted by Gasteiger charge is -2.14. The summed E-state index contributed by atoms with van der Waals surface area (Å²) in [5, 5.41) is 0. The van der Waals surface area contributed by atoms with Crippen molar-refractivity contribution in [3.63, 3.8) is 0 Å². The van der Waals surface area contributed by atoms with E-state index < -0.39 is 0 Å². The molecule has 0 bridgehead atoms. The van der Waals surface area contributed by atoms with Crippen LogP contribution in [0.1, 0.15) is 44.9 Å². The van der Waals surface area contributed by atoms with Crippen LogP contribution in [-0.2, 0) is 13.1 Å². The molecule has 52 heavy (non-hydrogen) atoms. The van der Waals surface area contributed by atoms with E-state index in [4.69, 9.17) is 17.2 Å². The topological polar surface area (TPSA) is 143 Å². The third-order valence-electron chi connectivity index (χ3n) is 8.08. The van der Waals surface area contributed by atoms with Gasteiger partial charge in [0.1, 0.15) is 11.6 Å². The summed E-state index contributed by atoms with van der Waals surface area (Å²) >= 11 is 0. The van der Waals surface area contributed by atoms with E-state index in [0.29, 0.717) is 35.9 Å². The molecule has 6 N–H and O–H groups in total. The lowest BCUT2D eigenvalue weighted by atomic mass is 10.0. The molecule has 0 saturated carbocycles. The number of hydrogen-bond acceptors (Lipinski definition) is 7.